The molecule has 0 saturated heterocycles. The molecule has 7 heteroatoms. The molecule has 1 heterocycles. The molecule has 0 radical (unpaired) electrons. The first-order valence-corrected chi connectivity index (χ1v) is 8.85. The minimum atomic E-state index is -3.86. The summed E-state index contributed by atoms with van der Waals surface area (Å²) in [5, 5.41) is 2.45. The summed E-state index contributed by atoms with van der Waals surface area (Å²) >= 11 is 0. The van der Waals surface area contributed by atoms with Crippen LogP contribution in [0.15, 0.2) is 23.1 Å². The van der Waals surface area contributed by atoms with Gasteiger partial charge in [0.2, 0.25) is 0 Å². The number of amides is 2. The monoisotopic (exact) mass is 322 g/mol. The molecule has 3 rings (SSSR count). The van der Waals surface area contributed by atoms with Crippen LogP contribution in [0.3, 0.4) is 0 Å². The lowest BCUT2D eigenvalue weighted by molar-refractivity contribution is 0.0809. The molecule has 0 unspecified atom stereocenters. The van der Waals surface area contributed by atoms with Crippen LogP contribution in [0.25, 0.3) is 0 Å². The van der Waals surface area contributed by atoms with Gasteiger partial charge in [-0.05, 0) is 31.0 Å². The van der Waals surface area contributed by atoms with Gasteiger partial charge >= 0.3 is 0 Å². The molecule has 118 valence electrons. The van der Waals surface area contributed by atoms with E-state index in [1.165, 1.54) is 25.2 Å². The summed E-state index contributed by atoms with van der Waals surface area (Å²) < 4.78 is 26.5. The molecule has 2 aliphatic rings. The number of carbonyl (C=O) groups is 2. The number of sulfonamides is 1. The van der Waals surface area contributed by atoms with Gasteiger partial charge in [-0.15, -0.1) is 0 Å². The van der Waals surface area contributed by atoms with E-state index in [0.717, 1.165) is 23.6 Å². The van der Waals surface area contributed by atoms with Crippen molar-refractivity contribution in [2.24, 2.45) is 0 Å². The second-order valence-electron chi connectivity index (χ2n) is 5.69. The molecule has 1 aromatic rings. The van der Waals surface area contributed by atoms with Gasteiger partial charge in [-0.3, -0.25) is 9.59 Å². The number of benzene rings is 1. The number of rotatable bonds is 2. The number of nitrogens with one attached hydrogen (secondary N) is 1. The molecular formula is C15H18N2O4S. The first-order valence-electron chi connectivity index (χ1n) is 7.41. The molecule has 1 N–H and O–H groups in total. The minimum Gasteiger partial charge on any atom is -0.355 e. The fraction of sp³-hybridized carbons (Fsp3) is 0.467. The van der Waals surface area contributed by atoms with Crippen LogP contribution in [0.1, 0.15) is 52.8 Å². The summed E-state index contributed by atoms with van der Waals surface area (Å²) in [5.74, 6) is -0.841. The van der Waals surface area contributed by atoms with Crippen LogP contribution in [-0.4, -0.2) is 37.6 Å². The highest BCUT2D eigenvalue weighted by Crippen LogP contribution is 2.36. The Bertz CT molecular complexity index is 736. The molecule has 2 amide bonds. The summed E-state index contributed by atoms with van der Waals surface area (Å²) in [4.78, 5) is 24.1. The molecule has 1 aliphatic heterocycles. The van der Waals surface area contributed by atoms with E-state index in [2.05, 4.69) is 5.32 Å². The van der Waals surface area contributed by atoms with Crippen LogP contribution in [0.4, 0.5) is 0 Å². The average molecular weight is 322 g/mol. The van der Waals surface area contributed by atoms with Crippen molar-refractivity contribution in [2.75, 3.05) is 7.05 Å². The second kappa shape index (κ2) is 5.39. The Morgan fingerprint density at radius 2 is 1.91 bits per heavy atom. The first-order chi connectivity index (χ1) is 10.5. The number of hydrogen-bond acceptors (Lipinski definition) is 4. The van der Waals surface area contributed by atoms with Gasteiger partial charge in [0.1, 0.15) is 4.90 Å². The highest BCUT2D eigenvalue weighted by molar-refractivity contribution is 7.90. The molecule has 0 bridgehead atoms. The highest BCUT2D eigenvalue weighted by atomic mass is 32.2. The lowest BCUT2D eigenvalue weighted by Crippen LogP contribution is -2.40. The van der Waals surface area contributed by atoms with Crippen molar-refractivity contribution in [1.82, 2.24) is 9.62 Å². The molecule has 6 nitrogen and oxygen atoms in total. The molecule has 1 fully saturated rings. The Morgan fingerprint density at radius 1 is 1.23 bits per heavy atom. The molecule has 0 aromatic heterocycles. The van der Waals surface area contributed by atoms with Gasteiger partial charge in [0.05, 0.1) is 5.56 Å². The zero-order valence-corrected chi connectivity index (χ0v) is 13.1. The van der Waals surface area contributed by atoms with E-state index in [0.29, 0.717) is 12.8 Å². The molecule has 1 saturated carbocycles. The minimum absolute atomic E-state index is 0.0517. The van der Waals surface area contributed by atoms with E-state index in [1.54, 1.807) is 0 Å². The molecule has 0 spiro atoms. The molecular weight excluding hydrogens is 304 g/mol. The molecule has 22 heavy (non-hydrogen) atoms. The third-order valence-corrected chi connectivity index (χ3v) is 6.22. The van der Waals surface area contributed by atoms with Gasteiger partial charge in [-0.1, -0.05) is 19.3 Å². The van der Waals surface area contributed by atoms with Gasteiger partial charge in [0, 0.05) is 18.7 Å². The molecule has 1 aliphatic carbocycles. The fourth-order valence-electron chi connectivity index (χ4n) is 3.21. The number of fused-ring (bicyclic) bond motifs is 1. The predicted octanol–water partition coefficient (Wildman–Crippen LogP) is 1.52. The Balaban J connectivity index is 2.05. The van der Waals surface area contributed by atoms with Crippen LogP contribution in [-0.2, 0) is 10.0 Å². The van der Waals surface area contributed by atoms with Gasteiger partial charge < -0.3 is 5.32 Å². The predicted molar refractivity (Wildman–Crippen MR) is 80.1 cm³/mol. The van der Waals surface area contributed by atoms with E-state index >= 15 is 0 Å². The van der Waals surface area contributed by atoms with Crippen molar-refractivity contribution in [3.63, 3.8) is 0 Å². The van der Waals surface area contributed by atoms with Crippen LogP contribution in [0, 0.1) is 0 Å². The Kier molecular flexibility index (Phi) is 3.68. The van der Waals surface area contributed by atoms with E-state index in [4.69, 9.17) is 0 Å². The zero-order chi connectivity index (χ0) is 15.9. The van der Waals surface area contributed by atoms with E-state index < -0.39 is 15.9 Å². The fourth-order valence-corrected chi connectivity index (χ4v) is 5.05. The third kappa shape index (κ3) is 2.20. The summed E-state index contributed by atoms with van der Waals surface area (Å²) in [6.45, 7) is 0. The maximum absolute atomic E-state index is 12.7. The summed E-state index contributed by atoms with van der Waals surface area (Å²) in [6, 6.07) is 3.95. The van der Waals surface area contributed by atoms with Gasteiger partial charge in [-0.25, -0.2) is 12.7 Å². The molecule has 0 atom stereocenters. The van der Waals surface area contributed by atoms with Crippen LogP contribution in [0.2, 0.25) is 0 Å². The van der Waals surface area contributed by atoms with Crippen molar-refractivity contribution < 1.29 is 18.0 Å². The van der Waals surface area contributed by atoms with E-state index in [-0.39, 0.29) is 28.0 Å². The standard InChI is InChI=1S/C15H18N2O4S/c1-16-14(18)10-7-8-12-13(9-10)22(20,21)17(15(12)19)11-5-3-2-4-6-11/h7-9,11H,2-6H2,1H3,(H,16,18). The first kappa shape index (κ1) is 15.0. The number of carbonyl (C=O) groups excluding carboxylic acids is 2. The lowest BCUT2D eigenvalue weighted by Gasteiger charge is -2.29. The second-order valence-corrected chi connectivity index (χ2v) is 7.47. The lowest BCUT2D eigenvalue weighted by atomic mass is 9.95. The summed E-state index contributed by atoms with van der Waals surface area (Å²) in [6.07, 6.45) is 4.36. The quantitative estimate of drug-likeness (QED) is 0.895. The van der Waals surface area contributed by atoms with Crippen molar-refractivity contribution in [1.29, 1.82) is 0 Å². The topological polar surface area (TPSA) is 83.6 Å². The Hall–Kier alpha value is -1.89. The summed E-state index contributed by atoms with van der Waals surface area (Å²) in [7, 11) is -2.38. The van der Waals surface area contributed by atoms with Crippen LogP contribution in [0.5, 0.6) is 0 Å². The maximum Gasteiger partial charge on any atom is 0.269 e. The van der Waals surface area contributed by atoms with E-state index in [9.17, 15) is 18.0 Å². The van der Waals surface area contributed by atoms with Crippen molar-refractivity contribution >= 4 is 21.8 Å². The number of nitrogens with zero attached hydrogens (tertiary/aromatic N) is 1. The van der Waals surface area contributed by atoms with Crippen LogP contribution < -0.4 is 5.32 Å². The maximum atomic E-state index is 12.7. The van der Waals surface area contributed by atoms with Gasteiger partial charge in [0.15, 0.2) is 0 Å². The number of hydrogen-bond donors (Lipinski definition) is 1. The largest absolute Gasteiger partial charge is 0.355 e. The van der Waals surface area contributed by atoms with E-state index in [1.807, 2.05) is 0 Å². The van der Waals surface area contributed by atoms with Crippen molar-refractivity contribution in [2.45, 2.75) is 43.0 Å². The normalized spacial score (nSPS) is 20.8. The van der Waals surface area contributed by atoms with Crippen molar-refractivity contribution in [3.05, 3.63) is 29.3 Å². The Labute approximate surface area is 129 Å². The van der Waals surface area contributed by atoms with Crippen molar-refractivity contribution in [3.8, 4) is 0 Å². The highest BCUT2D eigenvalue weighted by Gasteiger charge is 2.45. The average Bonchev–Trinajstić information content (AvgIpc) is 2.73. The third-order valence-electron chi connectivity index (χ3n) is 4.34. The Morgan fingerprint density at radius 3 is 2.55 bits per heavy atom. The van der Waals surface area contributed by atoms with Gasteiger partial charge in [-0.2, -0.15) is 0 Å². The van der Waals surface area contributed by atoms with Gasteiger partial charge in [0.25, 0.3) is 21.8 Å². The van der Waals surface area contributed by atoms with Crippen LogP contribution >= 0.6 is 0 Å². The smallest absolute Gasteiger partial charge is 0.269 e. The SMILES string of the molecule is CNC(=O)c1ccc2c(c1)S(=O)(=O)N(C1CCCCC1)C2=O. The zero-order valence-electron chi connectivity index (χ0n) is 12.3. The summed E-state index contributed by atoms with van der Waals surface area (Å²) in [5.41, 5.74) is 0.404. The molecule has 1 aromatic carbocycles.